The molecule has 1 heterocycles. The van der Waals surface area contributed by atoms with E-state index in [1.807, 2.05) is 13.8 Å². The quantitative estimate of drug-likeness (QED) is 0.228. The second kappa shape index (κ2) is 16.9. The summed E-state index contributed by atoms with van der Waals surface area (Å²) in [5.74, 6) is -0.265. The number of aromatic hydroxyl groups is 2. The number of hydrogen-bond acceptors (Lipinski definition) is 9. The summed E-state index contributed by atoms with van der Waals surface area (Å²) in [6.07, 6.45) is 1.01. The lowest BCUT2D eigenvalue weighted by Crippen LogP contribution is -2.44. The van der Waals surface area contributed by atoms with Crippen LogP contribution in [0, 0.1) is 5.82 Å². The Morgan fingerprint density at radius 2 is 1.62 bits per heavy atom. The van der Waals surface area contributed by atoms with Crippen molar-refractivity contribution in [2.45, 2.75) is 45.8 Å². The van der Waals surface area contributed by atoms with Crippen LogP contribution < -0.4 is 22.5 Å². The van der Waals surface area contributed by atoms with Crippen molar-refractivity contribution in [1.82, 2.24) is 9.80 Å². The molecule has 1 unspecified atom stereocenters. The maximum absolute atomic E-state index is 14.6. The van der Waals surface area contributed by atoms with E-state index in [1.54, 1.807) is 18.2 Å². The summed E-state index contributed by atoms with van der Waals surface area (Å²) >= 11 is 0. The van der Waals surface area contributed by atoms with Crippen LogP contribution in [0.4, 0.5) is 10.1 Å². The van der Waals surface area contributed by atoms with Gasteiger partial charge in [-0.05, 0) is 49.7 Å². The van der Waals surface area contributed by atoms with Crippen molar-refractivity contribution >= 4 is 12.0 Å². The van der Waals surface area contributed by atoms with Crippen LogP contribution in [0.2, 0.25) is 0 Å². The van der Waals surface area contributed by atoms with Gasteiger partial charge in [0.05, 0.1) is 0 Å². The van der Waals surface area contributed by atoms with Gasteiger partial charge in [0.15, 0.2) is 0 Å². The average molecular weight is 521 g/mol. The number of aldehydes is 1. The van der Waals surface area contributed by atoms with Gasteiger partial charge in [0.2, 0.25) is 0 Å². The Kier molecular flexibility index (Phi) is 14.7. The minimum Gasteiger partial charge on any atom is -0.508 e. The van der Waals surface area contributed by atoms with Gasteiger partial charge < -0.3 is 42.4 Å². The minimum atomic E-state index is -0.740. The van der Waals surface area contributed by atoms with Crippen LogP contribution in [0.1, 0.15) is 56.0 Å². The molecule has 0 bridgehead atoms. The number of carbonyl (C=O) groups excluding carboxylic acids is 1. The van der Waals surface area contributed by atoms with E-state index in [4.69, 9.17) is 16.3 Å². The second-order valence-corrected chi connectivity index (χ2v) is 9.32. The van der Waals surface area contributed by atoms with Crippen LogP contribution >= 0.6 is 0 Å². The Morgan fingerprint density at radius 3 is 2.11 bits per heavy atom. The Morgan fingerprint density at radius 1 is 1.05 bits per heavy atom. The lowest BCUT2D eigenvalue weighted by molar-refractivity contribution is -0.106. The summed E-state index contributed by atoms with van der Waals surface area (Å²) in [4.78, 5) is 13.6. The number of anilines is 1. The van der Waals surface area contributed by atoms with Gasteiger partial charge in [-0.3, -0.25) is 4.90 Å². The summed E-state index contributed by atoms with van der Waals surface area (Å²) in [6.45, 7) is 11.3. The number of nitrogens with one attached hydrogen (secondary N) is 1. The zero-order chi connectivity index (χ0) is 28.0. The zero-order valence-electron chi connectivity index (χ0n) is 22.6. The molecule has 9 N–H and O–H groups in total. The molecule has 10 heteroatoms. The first-order valence-electron chi connectivity index (χ1n) is 12.7. The normalized spacial score (nSPS) is 14.7. The lowest BCUT2D eigenvalue weighted by atomic mass is 9.98. The lowest BCUT2D eigenvalue weighted by Gasteiger charge is -2.32. The molecule has 1 aliphatic rings. The van der Waals surface area contributed by atoms with Crippen LogP contribution in [-0.4, -0.2) is 72.6 Å². The smallest absolute Gasteiger partial charge is 0.133 e. The van der Waals surface area contributed by atoms with E-state index in [0.29, 0.717) is 35.2 Å². The largest absolute Gasteiger partial charge is 0.508 e. The van der Waals surface area contributed by atoms with Crippen molar-refractivity contribution in [2.24, 2.45) is 17.2 Å². The SMILES string of the molecule is CC(C)c1cc(C(N)Nc2ccc(CN3CCN(C)CC3)c(F)c2)c(O)cc1O.CCCN.NCC=O. The molecule has 0 spiro atoms. The highest BCUT2D eigenvalue weighted by Gasteiger charge is 2.18. The van der Waals surface area contributed by atoms with E-state index < -0.39 is 6.17 Å². The van der Waals surface area contributed by atoms with E-state index in [-0.39, 0.29) is 29.8 Å². The average Bonchev–Trinajstić information content (AvgIpc) is 2.87. The summed E-state index contributed by atoms with van der Waals surface area (Å²) < 4.78 is 14.6. The van der Waals surface area contributed by atoms with Crippen molar-refractivity contribution in [2.75, 3.05) is 51.6 Å². The minimum absolute atomic E-state index is 0.0350. The fourth-order valence-electron chi connectivity index (χ4n) is 3.59. The maximum atomic E-state index is 14.6. The van der Waals surface area contributed by atoms with Gasteiger partial charge in [0.25, 0.3) is 0 Å². The van der Waals surface area contributed by atoms with E-state index in [0.717, 1.165) is 39.1 Å². The van der Waals surface area contributed by atoms with Gasteiger partial charge in [-0.15, -0.1) is 0 Å². The molecule has 0 radical (unpaired) electrons. The molecule has 2 aromatic carbocycles. The number of halogens is 1. The molecule has 3 rings (SSSR count). The number of piperazine rings is 1. The fourth-order valence-corrected chi connectivity index (χ4v) is 3.59. The first-order chi connectivity index (χ1) is 17.6. The summed E-state index contributed by atoms with van der Waals surface area (Å²) in [5, 5.41) is 23.2. The van der Waals surface area contributed by atoms with Crippen LogP contribution in [0.25, 0.3) is 0 Å². The summed E-state index contributed by atoms with van der Waals surface area (Å²) in [6, 6.07) is 8.00. The molecule has 0 saturated carbocycles. The van der Waals surface area contributed by atoms with Crippen LogP contribution in [0.5, 0.6) is 11.5 Å². The van der Waals surface area contributed by atoms with Crippen molar-refractivity contribution in [3.8, 4) is 11.5 Å². The highest BCUT2D eigenvalue weighted by atomic mass is 19.1. The van der Waals surface area contributed by atoms with Gasteiger partial charge in [0.1, 0.15) is 29.8 Å². The highest BCUT2D eigenvalue weighted by Crippen LogP contribution is 2.35. The molecule has 208 valence electrons. The molecule has 0 aliphatic carbocycles. The molecule has 0 aromatic heterocycles. The number of carbonyl (C=O) groups is 1. The third-order valence-electron chi connectivity index (χ3n) is 5.88. The Balaban J connectivity index is 0.000000751. The number of hydrogen-bond donors (Lipinski definition) is 6. The van der Waals surface area contributed by atoms with E-state index in [1.165, 1.54) is 12.1 Å². The molecular weight excluding hydrogens is 475 g/mol. The van der Waals surface area contributed by atoms with Crippen LogP contribution in [-0.2, 0) is 11.3 Å². The zero-order valence-corrected chi connectivity index (χ0v) is 22.6. The van der Waals surface area contributed by atoms with Crippen molar-refractivity contribution in [1.29, 1.82) is 0 Å². The molecule has 1 atom stereocenters. The van der Waals surface area contributed by atoms with Gasteiger partial charge in [-0.1, -0.05) is 26.8 Å². The molecule has 1 saturated heterocycles. The molecule has 2 aromatic rings. The summed E-state index contributed by atoms with van der Waals surface area (Å²) in [5.41, 5.74) is 18.2. The van der Waals surface area contributed by atoms with Crippen LogP contribution in [0.3, 0.4) is 0 Å². The third-order valence-corrected chi connectivity index (χ3v) is 5.88. The summed E-state index contributed by atoms with van der Waals surface area (Å²) in [7, 11) is 2.09. The fraction of sp³-hybridized carbons (Fsp3) is 0.519. The number of nitrogens with two attached hydrogens (primary N) is 3. The third kappa shape index (κ3) is 11.0. The molecular formula is C27H45FN6O3. The Hall–Kier alpha value is -2.76. The number of nitrogens with zero attached hydrogens (tertiary/aromatic N) is 2. The maximum Gasteiger partial charge on any atom is 0.133 e. The molecule has 1 fully saturated rings. The predicted octanol–water partition coefficient (Wildman–Crippen LogP) is 2.68. The van der Waals surface area contributed by atoms with Crippen LogP contribution in [0.15, 0.2) is 30.3 Å². The Bertz CT molecular complexity index is 950. The van der Waals surface area contributed by atoms with Crippen molar-refractivity contribution in [3.63, 3.8) is 0 Å². The van der Waals surface area contributed by atoms with Gasteiger partial charge in [-0.25, -0.2) is 4.39 Å². The van der Waals surface area contributed by atoms with Crippen molar-refractivity contribution < 1.29 is 19.4 Å². The van der Waals surface area contributed by atoms with Gasteiger partial charge >= 0.3 is 0 Å². The predicted molar refractivity (Wildman–Crippen MR) is 148 cm³/mol. The molecule has 0 amide bonds. The number of likely N-dealkylation sites (N-methyl/N-ethyl adjacent to an activating group) is 1. The monoisotopic (exact) mass is 520 g/mol. The standard InChI is InChI=1S/C22H31FN4O2.C3H9N.C2H5NO/c1-14(2)17-11-18(21(29)12-20(17)28)22(24)25-16-5-4-15(19(23)10-16)13-27-8-6-26(3)7-9-27;1-2-3-4;3-1-2-4/h4-5,10-12,14,22,25,28-29H,6-9,13,24H2,1-3H3;2-4H2,1H3;2H,1,3H2. The number of rotatable bonds is 8. The molecule has 1 aliphatic heterocycles. The highest BCUT2D eigenvalue weighted by molar-refractivity contribution is 5.52. The second-order valence-electron chi connectivity index (χ2n) is 9.32. The van der Waals surface area contributed by atoms with E-state index in [9.17, 15) is 14.6 Å². The molecule has 37 heavy (non-hydrogen) atoms. The van der Waals surface area contributed by atoms with E-state index >= 15 is 0 Å². The number of phenolic OH excluding ortho intramolecular Hbond substituents is 2. The Labute approximate surface area is 220 Å². The van der Waals surface area contributed by atoms with Crippen molar-refractivity contribution in [3.05, 3.63) is 52.8 Å². The number of benzene rings is 2. The topological polar surface area (TPSA) is 154 Å². The van der Waals surface area contributed by atoms with E-state index in [2.05, 4.69) is 34.8 Å². The van der Waals surface area contributed by atoms with Gasteiger partial charge in [-0.2, -0.15) is 0 Å². The first kappa shape index (κ1) is 32.3. The van der Waals surface area contributed by atoms with Gasteiger partial charge in [0, 0.05) is 62.1 Å². The molecule has 9 nitrogen and oxygen atoms in total. The first-order valence-corrected chi connectivity index (χ1v) is 12.7. The number of phenols is 2.